The third kappa shape index (κ3) is 3.30. The summed E-state index contributed by atoms with van der Waals surface area (Å²) in [6, 6.07) is 6.41. The normalized spacial score (nSPS) is 10.2. The molecule has 0 aromatic heterocycles. The number of carbonyl (C=O) groups excluding carboxylic acids is 1. The topological polar surface area (TPSA) is 44.1 Å². The molecule has 1 aromatic rings. The second-order valence-corrected chi connectivity index (χ2v) is 4.41. The van der Waals surface area contributed by atoms with Gasteiger partial charge >= 0.3 is 0 Å². The molecule has 3 nitrogen and oxygen atoms in total. The van der Waals surface area contributed by atoms with Gasteiger partial charge in [-0.15, -0.1) is 0 Å². The summed E-state index contributed by atoms with van der Waals surface area (Å²) in [6.07, 6.45) is 0.368. The third-order valence-corrected chi connectivity index (χ3v) is 2.74. The number of halogens is 1. The van der Waals surface area contributed by atoms with E-state index in [9.17, 15) is 9.18 Å². The van der Waals surface area contributed by atoms with Crippen LogP contribution in [-0.2, 0) is 0 Å². The number of rotatable bonds is 5. The molecule has 18 heavy (non-hydrogen) atoms. The molecule has 0 saturated carbocycles. The van der Waals surface area contributed by atoms with Crippen LogP contribution in [0.25, 0.3) is 0 Å². The highest BCUT2D eigenvalue weighted by Crippen LogP contribution is 2.24. The molecule has 4 heteroatoms. The molecule has 0 aliphatic carbocycles. The summed E-state index contributed by atoms with van der Waals surface area (Å²) in [5.74, 6) is -0.597. The van der Waals surface area contributed by atoms with Crippen molar-refractivity contribution in [2.75, 3.05) is 11.4 Å². The van der Waals surface area contributed by atoms with Crippen LogP contribution in [0.3, 0.4) is 0 Å². The molecule has 1 aromatic carbocycles. The second kappa shape index (κ2) is 6.15. The van der Waals surface area contributed by atoms with Crippen LogP contribution in [0.1, 0.15) is 37.6 Å². The van der Waals surface area contributed by atoms with Crippen LogP contribution < -0.4 is 4.90 Å². The van der Waals surface area contributed by atoms with Crippen LogP contribution in [0.4, 0.5) is 10.1 Å². The molecule has 0 heterocycles. The van der Waals surface area contributed by atoms with E-state index in [4.69, 9.17) is 5.26 Å². The highest BCUT2D eigenvalue weighted by Gasteiger charge is 2.17. The van der Waals surface area contributed by atoms with Gasteiger partial charge in [0.1, 0.15) is 5.82 Å². The summed E-state index contributed by atoms with van der Waals surface area (Å²) < 4.78 is 13.2. The van der Waals surface area contributed by atoms with Crippen molar-refractivity contribution in [1.29, 1.82) is 5.26 Å². The van der Waals surface area contributed by atoms with E-state index in [1.165, 1.54) is 19.1 Å². The van der Waals surface area contributed by atoms with Gasteiger partial charge in [-0.05, 0) is 39.0 Å². The summed E-state index contributed by atoms with van der Waals surface area (Å²) in [5.41, 5.74) is 1.05. The molecule has 0 radical (unpaired) electrons. The van der Waals surface area contributed by atoms with Gasteiger partial charge in [0.15, 0.2) is 5.78 Å². The lowest BCUT2D eigenvalue weighted by Gasteiger charge is -2.29. The van der Waals surface area contributed by atoms with Crippen LogP contribution in [0.5, 0.6) is 0 Å². The maximum atomic E-state index is 13.2. The molecule has 0 saturated heterocycles. The van der Waals surface area contributed by atoms with Gasteiger partial charge in [0.05, 0.1) is 12.5 Å². The third-order valence-electron chi connectivity index (χ3n) is 2.74. The molecule has 96 valence electrons. The standard InChI is InChI=1S/C14H17FN2O/c1-10(2)17(8-4-7-16)14-6-5-12(15)9-13(14)11(3)18/h5-6,9-10H,4,8H2,1-3H3. The highest BCUT2D eigenvalue weighted by molar-refractivity contribution is 5.99. The second-order valence-electron chi connectivity index (χ2n) is 4.41. The van der Waals surface area contributed by atoms with Crippen molar-refractivity contribution in [3.05, 3.63) is 29.6 Å². The molecule has 0 N–H and O–H groups in total. The molecule has 0 spiro atoms. The van der Waals surface area contributed by atoms with Crippen LogP contribution >= 0.6 is 0 Å². The minimum atomic E-state index is -0.423. The zero-order valence-corrected chi connectivity index (χ0v) is 10.9. The first-order valence-electron chi connectivity index (χ1n) is 5.91. The van der Waals surface area contributed by atoms with E-state index in [-0.39, 0.29) is 11.8 Å². The monoisotopic (exact) mass is 248 g/mol. The zero-order chi connectivity index (χ0) is 13.7. The number of hydrogen-bond donors (Lipinski definition) is 0. The Labute approximate surface area is 107 Å². The number of nitrogens with zero attached hydrogens (tertiary/aromatic N) is 2. The van der Waals surface area contributed by atoms with E-state index < -0.39 is 5.82 Å². The van der Waals surface area contributed by atoms with Crippen molar-refractivity contribution in [1.82, 2.24) is 0 Å². The van der Waals surface area contributed by atoms with Gasteiger partial charge in [-0.3, -0.25) is 4.79 Å². The lowest BCUT2D eigenvalue weighted by Crippen LogP contribution is -2.32. The Bertz CT molecular complexity index is 477. The van der Waals surface area contributed by atoms with Gasteiger partial charge in [0, 0.05) is 23.8 Å². The van der Waals surface area contributed by atoms with Crippen LogP contribution in [0, 0.1) is 17.1 Å². The van der Waals surface area contributed by atoms with E-state index in [2.05, 4.69) is 6.07 Å². The van der Waals surface area contributed by atoms with Gasteiger partial charge in [-0.2, -0.15) is 5.26 Å². The van der Waals surface area contributed by atoms with Gasteiger partial charge in [0.2, 0.25) is 0 Å². The molecule has 0 amide bonds. The number of carbonyl (C=O) groups is 1. The molecule has 0 fully saturated rings. The van der Waals surface area contributed by atoms with Crippen LogP contribution in [0.15, 0.2) is 18.2 Å². The summed E-state index contributed by atoms with van der Waals surface area (Å²) in [4.78, 5) is 13.5. The first-order chi connectivity index (χ1) is 8.47. The number of hydrogen-bond acceptors (Lipinski definition) is 3. The average molecular weight is 248 g/mol. The van der Waals surface area contributed by atoms with E-state index in [0.717, 1.165) is 0 Å². The number of Topliss-reactive ketones (excluding diaryl/α,β-unsaturated/α-hetero) is 1. The van der Waals surface area contributed by atoms with E-state index in [1.807, 2.05) is 18.7 Å². The molecule has 0 atom stereocenters. The van der Waals surface area contributed by atoms with E-state index in [1.54, 1.807) is 6.07 Å². The predicted molar refractivity (Wildman–Crippen MR) is 69.1 cm³/mol. The van der Waals surface area contributed by atoms with Crippen molar-refractivity contribution in [2.24, 2.45) is 0 Å². The number of anilines is 1. The fourth-order valence-corrected chi connectivity index (χ4v) is 1.87. The van der Waals surface area contributed by atoms with Crippen molar-refractivity contribution < 1.29 is 9.18 Å². The summed E-state index contributed by atoms with van der Waals surface area (Å²) in [6.45, 7) is 5.90. The number of benzene rings is 1. The number of ketones is 1. The van der Waals surface area contributed by atoms with Gasteiger partial charge < -0.3 is 4.90 Å². The van der Waals surface area contributed by atoms with Crippen LogP contribution in [0.2, 0.25) is 0 Å². The Morgan fingerprint density at radius 2 is 2.17 bits per heavy atom. The maximum absolute atomic E-state index is 13.2. The van der Waals surface area contributed by atoms with Gasteiger partial charge in [-0.25, -0.2) is 4.39 Å². The fraction of sp³-hybridized carbons (Fsp3) is 0.429. The molecule has 1 rings (SSSR count). The zero-order valence-electron chi connectivity index (χ0n) is 10.9. The largest absolute Gasteiger partial charge is 0.367 e. The average Bonchev–Trinajstić information content (AvgIpc) is 2.30. The summed E-state index contributed by atoms with van der Waals surface area (Å²) >= 11 is 0. The Morgan fingerprint density at radius 1 is 1.50 bits per heavy atom. The molecule has 0 bridgehead atoms. The molecule has 0 unspecified atom stereocenters. The minimum Gasteiger partial charge on any atom is -0.367 e. The lowest BCUT2D eigenvalue weighted by atomic mass is 10.1. The predicted octanol–water partition coefficient (Wildman–Crippen LogP) is 3.16. The minimum absolute atomic E-state index is 0.141. The molecule has 0 aliphatic rings. The summed E-state index contributed by atoms with van der Waals surface area (Å²) in [7, 11) is 0. The quantitative estimate of drug-likeness (QED) is 0.752. The molecular weight excluding hydrogens is 231 g/mol. The fourth-order valence-electron chi connectivity index (χ4n) is 1.87. The summed E-state index contributed by atoms with van der Waals surface area (Å²) in [5, 5.41) is 8.66. The van der Waals surface area contributed by atoms with Crippen molar-refractivity contribution in [2.45, 2.75) is 33.2 Å². The van der Waals surface area contributed by atoms with Crippen molar-refractivity contribution in [3.63, 3.8) is 0 Å². The van der Waals surface area contributed by atoms with E-state index in [0.29, 0.717) is 24.2 Å². The Hall–Kier alpha value is -1.89. The first kappa shape index (κ1) is 14.2. The number of nitriles is 1. The van der Waals surface area contributed by atoms with Gasteiger partial charge in [0.25, 0.3) is 0 Å². The Kier molecular flexibility index (Phi) is 4.85. The van der Waals surface area contributed by atoms with E-state index >= 15 is 0 Å². The Morgan fingerprint density at radius 3 is 2.67 bits per heavy atom. The Balaban J connectivity index is 3.19. The lowest BCUT2D eigenvalue weighted by molar-refractivity contribution is 0.101. The molecule has 0 aliphatic heterocycles. The smallest absolute Gasteiger partial charge is 0.161 e. The molecular formula is C14H17FN2O. The van der Waals surface area contributed by atoms with Crippen molar-refractivity contribution >= 4 is 11.5 Å². The SMILES string of the molecule is CC(=O)c1cc(F)ccc1N(CCC#N)C(C)C. The van der Waals surface area contributed by atoms with Crippen molar-refractivity contribution in [3.8, 4) is 6.07 Å². The van der Waals surface area contributed by atoms with Crippen LogP contribution in [-0.4, -0.2) is 18.4 Å². The first-order valence-corrected chi connectivity index (χ1v) is 5.91. The maximum Gasteiger partial charge on any atom is 0.161 e. The highest BCUT2D eigenvalue weighted by atomic mass is 19.1. The van der Waals surface area contributed by atoms with Gasteiger partial charge in [-0.1, -0.05) is 0 Å².